The number of esters is 1. The number of hydrogen-bond acceptors (Lipinski definition) is 4. The second-order valence-electron chi connectivity index (χ2n) is 9.81. The van der Waals surface area contributed by atoms with E-state index in [1.165, 1.54) is 0 Å². The molecule has 0 saturated carbocycles. The van der Waals surface area contributed by atoms with E-state index in [2.05, 4.69) is 20.8 Å². The second kappa shape index (κ2) is 8.01. The lowest BCUT2D eigenvalue weighted by atomic mass is 9.70. The number of likely N-dealkylation sites (tertiary alicyclic amines) is 1. The molecular weight excluding hydrogens is 376 g/mol. The Morgan fingerprint density at radius 3 is 2.57 bits per heavy atom. The first-order valence-corrected chi connectivity index (χ1v) is 11.2. The number of nitrogens with zero attached hydrogens (tertiary/aromatic N) is 2. The summed E-state index contributed by atoms with van der Waals surface area (Å²) in [6.07, 6.45) is 4.01. The van der Waals surface area contributed by atoms with Crippen molar-refractivity contribution in [2.75, 3.05) is 13.1 Å². The quantitative estimate of drug-likeness (QED) is 0.699. The zero-order valence-electron chi connectivity index (χ0n) is 18.5. The highest BCUT2D eigenvalue weighted by Gasteiger charge is 2.34. The maximum atomic E-state index is 13.4. The fourth-order valence-corrected chi connectivity index (χ4v) is 4.83. The van der Waals surface area contributed by atoms with Crippen LogP contribution in [0.5, 0.6) is 0 Å². The predicted octanol–water partition coefficient (Wildman–Crippen LogP) is 4.55. The Balaban J connectivity index is 1.70. The molecule has 0 radical (unpaired) electrons. The first-order valence-electron chi connectivity index (χ1n) is 11.2. The van der Waals surface area contributed by atoms with Crippen LogP contribution in [0.25, 0.3) is 10.9 Å². The fraction of sp³-hybridized carbons (Fsp3) is 0.560. The van der Waals surface area contributed by atoms with Crippen molar-refractivity contribution in [3.63, 3.8) is 0 Å². The number of aromatic nitrogens is 1. The first-order chi connectivity index (χ1) is 14.3. The highest BCUT2D eigenvalue weighted by Crippen LogP contribution is 2.39. The van der Waals surface area contributed by atoms with Crippen LogP contribution in [-0.2, 0) is 22.4 Å². The molecule has 5 nitrogen and oxygen atoms in total. The molecule has 4 rings (SSSR count). The monoisotopic (exact) mass is 408 g/mol. The summed E-state index contributed by atoms with van der Waals surface area (Å²) in [5.41, 5.74) is 3.58. The molecule has 1 saturated heterocycles. The molecule has 0 N–H and O–H groups in total. The fourth-order valence-electron chi connectivity index (χ4n) is 4.83. The predicted molar refractivity (Wildman–Crippen MR) is 117 cm³/mol. The van der Waals surface area contributed by atoms with Crippen LogP contribution in [0.15, 0.2) is 24.3 Å². The Bertz CT molecular complexity index is 970. The summed E-state index contributed by atoms with van der Waals surface area (Å²) in [6, 6.07) is 7.75. The van der Waals surface area contributed by atoms with Crippen LogP contribution >= 0.6 is 0 Å². The molecule has 1 fully saturated rings. The third-order valence-corrected chi connectivity index (χ3v) is 6.74. The first kappa shape index (κ1) is 20.8. The molecule has 1 aromatic heterocycles. The Morgan fingerprint density at radius 1 is 1.17 bits per heavy atom. The lowest BCUT2D eigenvalue weighted by Crippen LogP contribution is -2.38. The van der Waals surface area contributed by atoms with Gasteiger partial charge in [-0.2, -0.15) is 0 Å². The molecule has 1 aliphatic carbocycles. The Morgan fingerprint density at radius 2 is 1.87 bits per heavy atom. The molecule has 160 valence electrons. The number of hydrogen-bond donors (Lipinski definition) is 0. The zero-order valence-corrected chi connectivity index (χ0v) is 18.5. The van der Waals surface area contributed by atoms with Crippen LogP contribution in [0.3, 0.4) is 0 Å². The number of para-hydroxylation sites is 1. The number of pyridine rings is 1. The number of fused-ring (bicyclic) bond motifs is 2. The molecule has 0 unspecified atom stereocenters. The van der Waals surface area contributed by atoms with Crippen molar-refractivity contribution in [2.45, 2.75) is 65.9 Å². The topological polar surface area (TPSA) is 59.5 Å². The number of benzene rings is 1. The van der Waals surface area contributed by atoms with Gasteiger partial charge in [-0.3, -0.25) is 9.78 Å². The van der Waals surface area contributed by atoms with Crippen LogP contribution < -0.4 is 0 Å². The van der Waals surface area contributed by atoms with Crippen molar-refractivity contribution in [3.05, 3.63) is 41.1 Å². The molecule has 0 bridgehead atoms. The largest absolute Gasteiger partial charge is 0.449 e. The third kappa shape index (κ3) is 3.94. The highest BCUT2D eigenvalue weighted by molar-refractivity contribution is 6.05. The minimum absolute atomic E-state index is 0.0966. The number of aryl methyl sites for hydroxylation is 1. The summed E-state index contributed by atoms with van der Waals surface area (Å²) >= 11 is 0. The van der Waals surface area contributed by atoms with Gasteiger partial charge in [0.05, 0.1) is 11.1 Å². The van der Waals surface area contributed by atoms with E-state index in [-0.39, 0.29) is 11.3 Å². The maximum absolute atomic E-state index is 13.4. The third-order valence-electron chi connectivity index (χ3n) is 6.74. The Kier molecular flexibility index (Phi) is 5.56. The summed E-state index contributed by atoms with van der Waals surface area (Å²) in [7, 11) is 0. The van der Waals surface area contributed by atoms with Crippen molar-refractivity contribution >= 4 is 22.8 Å². The van der Waals surface area contributed by atoms with E-state index >= 15 is 0 Å². The maximum Gasteiger partial charge on any atom is 0.339 e. The van der Waals surface area contributed by atoms with Crippen LogP contribution in [0.2, 0.25) is 0 Å². The molecular formula is C25H32N2O3. The standard InChI is InChI=1S/C25H32N2O3/c1-16(23(28)27-13-7-8-14-27)30-24(29)22-18-9-5-6-10-20(18)26-21-12-11-17(15-19(21)22)25(2,3)4/h5-6,9-10,16-17H,7-8,11-15H2,1-4H3/t16-,17-/m1/s1. The van der Waals surface area contributed by atoms with Gasteiger partial charge in [-0.1, -0.05) is 39.0 Å². The van der Waals surface area contributed by atoms with Crippen molar-refractivity contribution in [2.24, 2.45) is 11.3 Å². The minimum atomic E-state index is -0.778. The van der Waals surface area contributed by atoms with Gasteiger partial charge in [-0.25, -0.2) is 4.79 Å². The molecule has 1 aromatic carbocycles. The lowest BCUT2D eigenvalue weighted by molar-refractivity contribution is -0.138. The van der Waals surface area contributed by atoms with Gasteiger partial charge in [0.25, 0.3) is 5.91 Å². The minimum Gasteiger partial charge on any atom is -0.449 e. The van der Waals surface area contributed by atoms with Gasteiger partial charge in [0.1, 0.15) is 0 Å². The van der Waals surface area contributed by atoms with E-state index in [1.807, 2.05) is 24.3 Å². The van der Waals surface area contributed by atoms with Crippen LogP contribution in [0.4, 0.5) is 0 Å². The molecule has 1 amide bonds. The van der Waals surface area contributed by atoms with E-state index in [9.17, 15) is 9.59 Å². The van der Waals surface area contributed by atoms with Crippen LogP contribution in [0, 0.1) is 11.3 Å². The van der Waals surface area contributed by atoms with Gasteiger partial charge in [-0.05, 0) is 62.0 Å². The number of rotatable bonds is 3. The smallest absolute Gasteiger partial charge is 0.339 e. The van der Waals surface area contributed by atoms with Gasteiger partial charge < -0.3 is 9.64 Å². The van der Waals surface area contributed by atoms with Gasteiger partial charge in [-0.15, -0.1) is 0 Å². The molecule has 0 spiro atoms. The molecule has 1 aliphatic heterocycles. The summed E-state index contributed by atoms with van der Waals surface area (Å²) in [6.45, 7) is 9.96. The van der Waals surface area contributed by atoms with E-state index in [4.69, 9.17) is 9.72 Å². The summed E-state index contributed by atoms with van der Waals surface area (Å²) < 4.78 is 5.75. The van der Waals surface area contributed by atoms with E-state index in [0.717, 1.165) is 67.4 Å². The SMILES string of the molecule is C[C@@H](OC(=O)c1c2c(nc3ccccc13)CC[C@@H](C(C)(C)C)C2)C(=O)N1CCCC1. The molecule has 5 heteroatoms. The molecule has 2 heterocycles. The van der Waals surface area contributed by atoms with Gasteiger partial charge in [0.15, 0.2) is 6.10 Å². The molecule has 2 aliphatic rings. The normalized spacial score (nSPS) is 20.1. The van der Waals surface area contributed by atoms with Crippen LogP contribution in [0.1, 0.15) is 68.6 Å². The van der Waals surface area contributed by atoms with E-state index in [0.29, 0.717) is 11.5 Å². The van der Waals surface area contributed by atoms with Crippen molar-refractivity contribution < 1.29 is 14.3 Å². The summed E-state index contributed by atoms with van der Waals surface area (Å²) in [4.78, 5) is 32.7. The second-order valence-corrected chi connectivity index (χ2v) is 9.81. The summed E-state index contributed by atoms with van der Waals surface area (Å²) in [5.74, 6) is -0.0247. The van der Waals surface area contributed by atoms with Gasteiger partial charge >= 0.3 is 5.97 Å². The molecule has 2 aromatic rings. The van der Waals surface area contributed by atoms with Crippen LogP contribution in [-0.4, -0.2) is 41.0 Å². The highest BCUT2D eigenvalue weighted by atomic mass is 16.5. The Hall–Kier alpha value is -2.43. The number of amides is 1. The lowest BCUT2D eigenvalue weighted by Gasteiger charge is -2.35. The Labute approximate surface area is 178 Å². The number of carbonyl (C=O) groups is 2. The van der Waals surface area contributed by atoms with Gasteiger partial charge in [0.2, 0.25) is 0 Å². The average molecular weight is 409 g/mol. The average Bonchev–Trinajstić information content (AvgIpc) is 3.24. The van der Waals surface area contributed by atoms with E-state index in [1.54, 1.807) is 11.8 Å². The van der Waals surface area contributed by atoms with Crippen molar-refractivity contribution in [1.29, 1.82) is 0 Å². The molecule has 2 atom stereocenters. The number of ether oxygens (including phenoxy) is 1. The zero-order chi connectivity index (χ0) is 21.5. The van der Waals surface area contributed by atoms with Crippen molar-refractivity contribution in [3.8, 4) is 0 Å². The summed E-state index contributed by atoms with van der Waals surface area (Å²) in [5, 5.41) is 0.816. The van der Waals surface area contributed by atoms with Gasteiger partial charge in [0, 0.05) is 24.2 Å². The van der Waals surface area contributed by atoms with Crippen molar-refractivity contribution in [1.82, 2.24) is 9.88 Å². The van der Waals surface area contributed by atoms with E-state index < -0.39 is 12.1 Å². The number of carbonyl (C=O) groups excluding carboxylic acids is 2. The molecule has 30 heavy (non-hydrogen) atoms.